The molecule has 2 amide bonds. The molecule has 10 nitrogen and oxygen atoms in total. The third kappa shape index (κ3) is 4.27. The number of carbonyl (C=O) groups excluding carboxylic acids is 4. The van der Waals surface area contributed by atoms with Gasteiger partial charge in [0.15, 0.2) is 5.78 Å². The zero-order valence-electron chi connectivity index (χ0n) is 23.0. The Labute approximate surface area is 250 Å². The molecule has 0 bridgehead atoms. The van der Waals surface area contributed by atoms with Gasteiger partial charge in [-0.15, -0.1) is 0 Å². The Balaban J connectivity index is 1.23. The van der Waals surface area contributed by atoms with Crippen molar-refractivity contribution >= 4 is 46.7 Å². The number of ether oxygens (including phenoxy) is 1. The summed E-state index contributed by atoms with van der Waals surface area (Å²) >= 11 is 0. The summed E-state index contributed by atoms with van der Waals surface area (Å²) in [6.07, 6.45) is 3.66. The molecule has 4 aromatic carbocycles. The number of imide groups is 1. The monoisotopic (exact) mass is 585 g/mol. The van der Waals surface area contributed by atoms with Crippen molar-refractivity contribution in [2.24, 2.45) is 11.8 Å². The van der Waals surface area contributed by atoms with E-state index in [1.807, 2.05) is 36.4 Å². The summed E-state index contributed by atoms with van der Waals surface area (Å²) in [4.78, 5) is 68.2. The van der Waals surface area contributed by atoms with E-state index in [1.54, 1.807) is 47.4 Å². The van der Waals surface area contributed by atoms with E-state index in [0.717, 1.165) is 10.5 Å². The quantitative estimate of drug-likeness (QED) is 0.0787. The van der Waals surface area contributed by atoms with Gasteiger partial charge in [-0.1, -0.05) is 66.7 Å². The molecular formula is C34H23N3O7. The Kier molecular flexibility index (Phi) is 6.39. The van der Waals surface area contributed by atoms with E-state index in [4.69, 9.17) is 4.74 Å². The van der Waals surface area contributed by atoms with Gasteiger partial charge in [-0.25, -0.2) is 9.69 Å². The molecule has 44 heavy (non-hydrogen) atoms. The van der Waals surface area contributed by atoms with E-state index in [0.29, 0.717) is 16.8 Å². The number of benzene rings is 4. The standard InChI is InChI=1S/C34H23N3O7/c38-31(21-8-2-1-3-9-21)22-13-16-25(17-14-22)44-34(41)30-29-28(27-18-15-20-7-4-5-12-26(20)36(27)30)32(39)35(33(29)40)23-10-6-11-24(19-23)37(42)43/h1-19,27-30H/t27-,28-,29-,30+/m0/s1. The molecule has 3 aliphatic rings. The number of carbonyl (C=O) groups is 4. The molecule has 0 radical (unpaired) electrons. The topological polar surface area (TPSA) is 127 Å². The third-order valence-electron chi connectivity index (χ3n) is 8.33. The fourth-order valence-electron chi connectivity index (χ4n) is 6.39. The Morgan fingerprint density at radius 2 is 1.45 bits per heavy atom. The van der Waals surface area contributed by atoms with Gasteiger partial charge in [0, 0.05) is 28.9 Å². The van der Waals surface area contributed by atoms with Crippen LogP contribution in [0.15, 0.2) is 109 Å². The largest absolute Gasteiger partial charge is 0.425 e. The minimum Gasteiger partial charge on any atom is -0.425 e. The lowest BCUT2D eigenvalue weighted by atomic mass is 9.89. The number of rotatable bonds is 6. The van der Waals surface area contributed by atoms with Gasteiger partial charge in [0.05, 0.1) is 28.5 Å². The van der Waals surface area contributed by atoms with Crippen LogP contribution in [0, 0.1) is 22.0 Å². The summed E-state index contributed by atoms with van der Waals surface area (Å²) < 4.78 is 5.80. The highest BCUT2D eigenvalue weighted by atomic mass is 16.6. The molecule has 2 saturated heterocycles. The Bertz CT molecular complexity index is 1890. The van der Waals surface area contributed by atoms with Crippen molar-refractivity contribution in [3.05, 3.63) is 136 Å². The van der Waals surface area contributed by atoms with Gasteiger partial charge in [0.1, 0.15) is 11.8 Å². The Morgan fingerprint density at radius 1 is 0.773 bits per heavy atom. The molecule has 0 aliphatic carbocycles. The van der Waals surface area contributed by atoms with Crippen LogP contribution in [0.3, 0.4) is 0 Å². The maximum absolute atomic E-state index is 14.0. The van der Waals surface area contributed by atoms with E-state index in [2.05, 4.69) is 0 Å². The highest BCUT2D eigenvalue weighted by molar-refractivity contribution is 6.24. The van der Waals surface area contributed by atoms with Crippen molar-refractivity contribution < 1.29 is 28.8 Å². The van der Waals surface area contributed by atoms with Crippen LogP contribution >= 0.6 is 0 Å². The van der Waals surface area contributed by atoms with Crippen LogP contribution in [-0.2, 0) is 14.4 Å². The fourth-order valence-corrected chi connectivity index (χ4v) is 6.39. The van der Waals surface area contributed by atoms with E-state index < -0.39 is 46.6 Å². The predicted molar refractivity (Wildman–Crippen MR) is 160 cm³/mol. The van der Waals surface area contributed by atoms with Gasteiger partial charge in [-0.2, -0.15) is 0 Å². The number of hydrogen-bond acceptors (Lipinski definition) is 8. The molecule has 3 heterocycles. The molecule has 0 N–H and O–H groups in total. The number of para-hydroxylation sites is 1. The number of amides is 2. The Morgan fingerprint density at radius 3 is 2.20 bits per heavy atom. The number of hydrogen-bond donors (Lipinski definition) is 0. The average molecular weight is 586 g/mol. The smallest absolute Gasteiger partial charge is 0.335 e. The predicted octanol–water partition coefficient (Wildman–Crippen LogP) is 4.82. The van der Waals surface area contributed by atoms with Crippen LogP contribution in [0.1, 0.15) is 21.5 Å². The molecule has 7 rings (SSSR count). The summed E-state index contributed by atoms with van der Waals surface area (Å²) in [6, 6.07) is 25.8. The van der Waals surface area contributed by atoms with Crippen molar-refractivity contribution in [2.75, 3.05) is 9.80 Å². The number of nitrogens with zero attached hydrogens (tertiary/aromatic N) is 3. The zero-order valence-corrected chi connectivity index (χ0v) is 23.0. The first-order valence-corrected chi connectivity index (χ1v) is 13.9. The van der Waals surface area contributed by atoms with Crippen molar-refractivity contribution in [3.63, 3.8) is 0 Å². The molecule has 0 spiro atoms. The van der Waals surface area contributed by atoms with E-state index in [9.17, 15) is 29.3 Å². The second kappa shape index (κ2) is 10.4. The fraction of sp³-hybridized carbons (Fsp3) is 0.118. The van der Waals surface area contributed by atoms with Gasteiger partial charge in [0.25, 0.3) is 5.69 Å². The third-order valence-corrected chi connectivity index (χ3v) is 8.33. The van der Waals surface area contributed by atoms with Gasteiger partial charge >= 0.3 is 5.97 Å². The van der Waals surface area contributed by atoms with Gasteiger partial charge in [0.2, 0.25) is 11.8 Å². The molecule has 4 atom stereocenters. The van der Waals surface area contributed by atoms with Crippen molar-refractivity contribution in [3.8, 4) is 5.75 Å². The second-order valence-corrected chi connectivity index (χ2v) is 10.7. The molecule has 0 aromatic heterocycles. The maximum Gasteiger partial charge on any atom is 0.335 e. The van der Waals surface area contributed by atoms with Gasteiger partial charge < -0.3 is 9.64 Å². The average Bonchev–Trinajstić information content (AvgIpc) is 3.53. The summed E-state index contributed by atoms with van der Waals surface area (Å²) in [6.45, 7) is 0. The number of fused-ring (bicyclic) bond motifs is 5. The van der Waals surface area contributed by atoms with Crippen molar-refractivity contribution in [1.29, 1.82) is 0 Å². The van der Waals surface area contributed by atoms with Crippen molar-refractivity contribution in [2.45, 2.75) is 12.1 Å². The second-order valence-electron chi connectivity index (χ2n) is 10.7. The lowest BCUT2D eigenvalue weighted by Crippen LogP contribution is -2.50. The molecule has 3 aliphatic heterocycles. The van der Waals surface area contributed by atoms with Crippen LogP contribution in [0.2, 0.25) is 0 Å². The first-order chi connectivity index (χ1) is 21.3. The normalized spacial score (nSPS) is 21.5. The van der Waals surface area contributed by atoms with E-state index in [1.165, 1.54) is 36.4 Å². The van der Waals surface area contributed by atoms with Crippen LogP contribution in [0.5, 0.6) is 5.75 Å². The molecule has 2 fully saturated rings. The summed E-state index contributed by atoms with van der Waals surface area (Å²) in [7, 11) is 0. The summed E-state index contributed by atoms with van der Waals surface area (Å²) in [5, 5.41) is 11.4. The van der Waals surface area contributed by atoms with Gasteiger partial charge in [-0.05, 0) is 42.0 Å². The molecule has 4 aromatic rings. The highest BCUT2D eigenvalue weighted by Crippen LogP contribution is 2.49. The molecule has 0 saturated carbocycles. The maximum atomic E-state index is 14.0. The number of nitro benzene ring substituents is 1. The number of nitro groups is 1. The molecule has 0 unspecified atom stereocenters. The SMILES string of the molecule is O=C(c1ccccc1)c1ccc(OC(=O)[C@H]2[C@H]3C(=O)N(c4cccc([N+](=O)[O-])c4)C(=O)[C@H]3[C@@H]3C=Cc4ccccc4N32)cc1. The molecule has 10 heteroatoms. The highest BCUT2D eigenvalue weighted by Gasteiger charge is 2.65. The number of ketones is 1. The molecule has 216 valence electrons. The summed E-state index contributed by atoms with van der Waals surface area (Å²) in [5.41, 5.74) is 2.24. The van der Waals surface area contributed by atoms with Crippen molar-refractivity contribution in [1.82, 2.24) is 0 Å². The van der Waals surface area contributed by atoms with Crippen LogP contribution in [0.25, 0.3) is 6.08 Å². The van der Waals surface area contributed by atoms with Crippen LogP contribution in [0.4, 0.5) is 17.1 Å². The summed E-state index contributed by atoms with van der Waals surface area (Å²) in [5.74, 6) is -3.95. The number of non-ortho nitro benzene ring substituents is 1. The first kappa shape index (κ1) is 27.0. The lowest BCUT2D eigenvalue weighted by molar-refractivity contribution is -0.384. The number of anilines is 2. The minimum atomic E-state index is -1.16. The van der Waals surface area contributed by atoms with Gasteiger partial charge in [-0.3, -0.25) is 24.5 Å². The van der Waals surface area contributed by atoms with E-state index >= 15 is 0 Å². The lowest BCUT2D eigenvalue weighted by Gasteiger charge is -2.36. The Hall–Kier alpha value is -5.90. The molecular weight excluding hydrogens is 562 g/mol. The minimum absolute atomic E-state index is 0.0705. The van der Waals surface area contributed by atoms with E-state index in [-0.39, 0.29) is 22.9 Å². The van der Waals surface area contributed by atoms with Crippen LogP contribution in [-0.4, -0.2) is 40.6 Å². The number of esters is 1. The first-order valence-electron chi connectivity index (χ1n) is 13.9. The van der Waals surface area contributed by atoms with Crippen LogP contribution < -0.4 is 14.5 Å². The zero-order chi connectivity index (χ0) is 30.5.